The summed E-state index contributed by atoms with van der Waals surface area (Å²) in [5.74, 6) is 1.93. The molecule has 0 N–H and O–H groups in total. The van der Waals surface area contributed by atoms with E-state index >= 15 is 0 Å². The summed E-state index contributed by atoms with van der Waals surface area (Å²) in [6, 6.07) is 12.6. The number of fused-ring (bicyclic) bond motifs is 1. The van der Waals surface area contributed by atoms with Gasteiger partial charge in [0.15, 0.2) is 5.76 Å². The van der Waals surface area contributed by atoms with Crippen LogP contribution in [-0.4, -0.2) is 4.57 Å². The molecule has 3 rings (SSSR count). The Bertz CT molecular complexity index is 669. The van der Waals surface area contributed by atoms with Gasteiger partial charge < -0.3 is 8.98 Å². The van der Waals surface area contributed by atoms with Gasteiger partial charge in [0.2, 0.25) is 0 Å². The normalized spacial score (nSPS) is 10.4. The van der Waals surface area contributed by atoms with E-state index in [-0.39, 0.29) is 0 Å². The molecule has 2 heterocycles. The SMILES string of the molecule is CC.Cc1cc(-c2cc3ccccc3n2C)oc1C. The van der Waals surface area contributed by atoms with Gasteiger partial charge in [0.1, 0.15) is 5.76 Å². The zero-order valence-corrected chi connectivity index (χ0v) is 12.3. The highest BCUT2D eigenvalue weighted by atomic mass is 16.3. The zero-order chi connectivity index (χ0) is 14.0. The summed E-state index contributed by atoms with van der Waals surface area (Å²) < 4.78 is 7.96. The van der Waals surface area contributed by atoms with Crippen molar-refractivity contribution >= 4 is 10.9 Å². The first-order valence-corrected chi connectivity index (χ1v) is 6.78. The Hall–Kier alpha value is -1.96. The number of aromatic nitrogens is 1. The van der Waals surface area contributed by atoms with Crippen molar-refractivity contribution in [1.29, 1.82) is 0 Å². The summed E-state index contributed by atoms with van der Waals surface area (Å²) >= 11 is 0. The van der Waals surface area contributed by atoms with Gasteiger partial charge in [-0.3, -0.25) is 0 Å². The van der Waals surface area contributed by atoms with E-state index in [1.54, 1.807) is 0 Å². The lowest BCUT2D eigenvalue weighted by Gasteiger charge is -2.00. The third-order valence-corrected chi connectivity index (χ3v) is 3.37. The average Bonchev–Trinajstić information content (AvgIpc) is 2.94. The Labute approximate surface area is 114 Å². The molecule has 19 heavy (non-hydrogen) atoms. The Balaban J connectivity index is 0.000000637. The van der Waals surface area contributed by atoms with Gasteiger partial charge in [0.05, 0.1) is 5.69 Å². The summed E-state index contributed by atoms with van der Waals surface area (Å²) in [6.45, 7) is 8.08. The van der Waals surface area contributed by atoms with E-state index in [1.165, 1.54) is 16.5 Å². The van der Waals surface area contributed by atoms with Crippen molar-refractivity contribution in [3.63, 3.8) is 0 Å². The molecule has 0 aliphatic rings. The molecule has 0 fully saturated rings. The Kier molecular flexibility index (Phi) is 3.79. The second kappa shape index (κ2) is 5.35. The maximum Gasteiger partial charge on any atom is 0.150 e. The molecule has 2 heteroatoms. The molecule has 0 atom stereocenters. The lowest BCUT2D eigenvalue weighted by molar-refractivity contribution is 0.541. The van der Waals surface area contributed by atoms with Crippen molar-refractivity contribution in [2.45, 2.75) is 27.7 Å². The van der Waals surface area contributed by atoms with E-state index in [0.717, 1.165) is 17.2 Å². The maximum absolute atomic E-state index is 5.79. The molecule has 2 nitrogen and oxygen atoms in total. The number of benzene rings is 1. The predicted molar refractivity (Wildman–Crippen MR) is 81.4 cm³/mol. The van der Waals surface area contributed by atoms with Gasteiger partial charge in [-0.1, -0.05) is 32.0 Å². The maximum atomic E-state index is 5.79. The van der Waals surface area contributed by atoms with Crippen LogP contribution < -0.4 is 0 Å². The van der Waals surface area contributed by atoms with Gasteiger partial charge in [0.25, 0.3) is 0 Å². The van der Waals surface area contributed by atoms with Crippen LogP contribution in [0.5, 0.6) is 0 Å². The first kappa shape index (κ1) is 13.5. The third-order valence-electron chi connectivity index (χ3n) is 3.37. The molecule has 2 aromatic heterocycles. The van der Waals surface area contributed by atoms with Crippen LogP contribution in [0.2, 0.25) is 0 Å². The van der Waals surface area contributed by atoms with Crippen molar-refractivity contribution < 1.29 is 4.42 Å². The first-order chi connectivity index (χ1) is 9.16. The molecule has 1 aromatic carbocycles. The first-order valence-electron chi connectivity index (χ1n) is 6.78. The minimum absolute atomic E-state index is 0.943. The highest BCUT2D eigenvalue weighted by molar-refractivity contribution is 5.86. The molecule has 3 aromatic rings. The number of aryl methyl sites for hydroxylation is 3. The highest BCUT2D eigenvalue weighted by Gasteiger charge is 2.11. The standard InChI is InChI=1S/C15H15NO.C2H6/c1-10-8-15(17-11(10)2)14-9-12-6-4-5-7-13(12)16(14)3;1-2/h4-9H,1-3H3;1-2H3. The van der Waals surface area contributed by atoms with Crippen LogP contribution in [0.25, 0.3) is 22.4 Å². The number of furan rings is 1. The molecular formula is C17H21NO. The van der Waals surface area contributed by atoms with E-state index in [9.17, 15) is 0 Å². The highest BCUT2D eigenvalue weighted by Crippen LogP contribution is 2.29. The van der Waals surface area contributed by atoms with Crippen molar-refractivity contribution in [1.82, 2.24) is 4.57 Å². The molecule has 0 saturated heterocycles. The Morgan fingerprint density at radius 2 is 1.68 bits per heavy atom. The summed E-state index contributed by atoms with van der Waals surface area (Å²) in [7, 11) is 2.07. The van der Waals surface area contributed by atoms with Gasteiger partial charge in [-0.25, -0.2) is 0 Å². The summed E-state index contributed by atoms with van der Waals surface area (Å²) in [5, 5.41) is 1.25. The van der Waals surface area contributed by atoms with Gasteiger partial charge in [-0.15, -0.1) is 0 Å². The number of nitrogens with zero attached hydrogens (tertiary/aromatic N) is 1. The number of hydrogen-bond acceptors (Lipinski definition) is 1. The van der Waals surface area contributed by atoms with Crippen LogP contribution in [0.4, 0.5) is 0 Å². The molecule has 0 radical (unpaired) electrons. The molecule has 0 aliphatic carbocycles. The van der Waals surface area contributed by atoms with Crippen LogP contribution in [-0.2, 0) is 7.05 Å². The Morgan fingerprint density at radius 1 is 1.00 bits per heavy atom. The van der Waals surface area contributed by atoms with Gasteiger partial charge in [0, 0.05) is 18.0 Å². The smallest absolute Gasteiger partial charge is 0.150 e. The van der Waals surface area contributed by atoms with E-state index in [0.29, 0.717) is 0 Å². The van der Waals surface area contributed by atoms with Crippen LogP contribution in [0.3, 0.4) is 0 Å². The number of hydrogen-bond donors (Lipinski definition) is 0. The Morgan fingerprint density at radius 3 is 2.26 bits per heavy atom. The van der Waals surface area contributed by atoms with E-state index in [1.807, 2.05) is 20.8 Å². The third kappa shape index (κ3) is 2.30. The van der Waals surface area contributed by atoms with Crippen LogP contribution in [0.1, 0.15) is 25.2 Å². The predicted octanol–water partition coefficient (Wildman–Crippen LogP) is 5.08. The number of para-hydroxylation sites is 1. The van der Waals surface area contributed by atoms with Gasteiger partial charge in [-0.05, 0) is 37.6 Å². The topological polar surface area (TPSA) is 18.1 Å². The molecule has 0 aliphatic heterocycles. The quantitative estimate of drug-likeness (QED) is 0.593. The average molecular weight is 255 g/mol. The minimum Gasteiger partial charge on any atom is -0.460 e. The summed E-state index contributed by atoms with van der Waals surface area (Å²) in [5.41, 5.74) is 3.56. The molecule has 0 amide bonds. The van der Waals surface area contributed by atoms with E-state index < -0.39 is 0 Å². The van der Waals surface area contributed by atoms with Crippen LogP contribution in [0.15, 0.2) is 40.8 Å². The molecule has 0 saturated carbocycles. The van der Waals surface area contributed by atoms with Crippen LogP contribution in [0, 0.1) is 13.8 Å². The fourth-order valence-corrected chi connectivity index (χ4v) is 2.22. The lowest BCUT2D eigenvalue weighted by Crippen LogP contribution is -1.89. The van der Waals surface area contributed by atoms with E-state index in [4.69, 9.17) is 4.42 Å². The molecular weight excluding hydrogens is 234 g/mol. The summed E-state index contributed by atoms with van der Waals surface area (Å²) in [6.07, 6.45) is 0. The van der Waals surface area contributed by atoms with Crippen molar-refractivity contribution in [3.05, 3.63) is 47.7 Å². The summed E-state index contributed by atoms with van der Waals surface area (Å²) in [4.78, 5) is 0. The monoisotopic (exact) mass is 255 g/mol. The van der Waals surface area contributed by atoms with Crippen molar-refractivity contribution in [2.24, 2.45) is 7.05 Å². The fourth-order valence-electron chi connectivity index (χ4n) is 2.22. The fraction of sp³-hybridized carbons (Fsp3) is 0.294. The van der Waals surface area contributed by atoms with E-state index in [2.05, 4.69) is 54.9 Å². The lowest BCUT2D eigenvalue weighted by atomic mass is 10.2. The van der Waals surface area contributed by atoms with Gasteiger partial charge >= 0.3 is 0 Å². The second-order valence-electron chi connectivity index (χ2n) is 4.50. The van der Waals surface area contributed by atoms with Crippen LogP contribution >= 0.6 is 0 Å². The largest absolute Gasteiger partial charge is 0.460 e. The van der Waals surface area contributed by atoms with Gasteiger partial charge in [-0.2, -0.15) is 0 Å². The minimum atomic E-state index is 0.943. The number of rotatable bonds is 1. The second-order valence-corrected chi connectivity index (χ2v) is 4.50. The van der Waals surface area contributed by atoms with Crippen molar-refractivity contribution in [3.8, 4) is 11.5 Å². The molecule has 0 spiro atoms. The molecule has 100 valence electrons. The van der Waals surface area contributed by atoms with Crippen molar-refractivity contribution in [2.75, 3.05) is 0 Å². The zero-order valence-electron chi connectivity index (χ0n) is 12.3. The molecule has 0 unspecified atom stereocenters. The molecule has 0 bridgehead atoms.